The zero-order chi connectivity index (χ0) is 23.9. The van der Waals surface area contributed by atoms with Crippen LogP contribution < -0.4 is 5.32 Å². The summed E-state index contributed by atoms with van der Waals surface area (Å²) in [4.78, 5) is 26.8. The molecule has 10 nitrogen and oxygen atoms in total. The van der Waals surface area contributed by atoms with Gasteiger partial charge < -0.3 is 10.1 Å². The largest absolute Gasteiger partial charge is 0.465 e. The normalized spacial score (nSPS) is 12.7. The smallest absolute Gasteiger partial charge is 0.347 e. The van der Waals surface area contributed by atoms with E-state index in [1.165, 1.54) is 31.6 Å². The Labute approximate surface area is 187 Å². The van der Waals surface area contributed by atoms with E-state index < -0.39 is 27.0 Å². The maximum Gasteiger partial charge on any atom is 0.347 e. The average molecular weight is 466 g/mol. The molecule has 1 atom stereocenters. The van der Waals surface area contributed by atoms with E-state index in [0.717, 1.165) is 9.87 Å². The van der Waals surface area contributed by atoms with Crippen LogP contribution >= 0.6 is 0 Å². The van der Waals surface area contributed by atoms with E-state index >= 15 is 0 Å². The summed E-state index contributed by atoms with van der Waals surface area (Å²) >= 11 is 0. The fourth-order valence-electron chi connectivity index (χ4n) is 3.16. The molecular weight excluding hydrogens is 436 g/mol. The van der Waals surface area contributed by atoms with E-state index in [-0.39, 0.29) is 23.1 Å². The molecule has 11 heteroatoms. The summed E-state index contributed by atoms with van der Waals surface area (Å²) in [6, 6.07) is 6.86. The lowest BCUT2D eigenvalue weighted by Gasteiger charge is -2.27. The Morgan fingerprint density at radius 3 is 2.47 bits per heavy atom. The second-order valence-electron chi connectivity index (χ2n) is 7.66. The molecule has 0 saturated heterocycles. The number of nitrogens with two attached hydrogens (primary N) is 1. The molecule has 32 heavy (non-hydrogen) atoms. The lowest BCUT2D eigenvalue weighted by Crippen LogP contribution is -2.76. The van der Waals surface area contributed by atoms with Gasteiger partial charge >= 0.3 is 11.7 Å². The van der Waals surface area contributed by atoms with Gasteiger partial charge in [0.15, 0.2) is 0 Å². The van der Waals surface area contributed by atoms with E-state index in [2.05, 4.69) is 4.98 Å². The number of hydrogen-bond acceptors (Lipinski definition) is 7. The number of sulfonamides is 1. The van der Waals surface area contributed by atoms with Gasteiger partial charge in [-0.15, -0.1) is 0 Å². The molecule has 174 valence electrons. The first kappa shape index (κ1) is 25.4. The number of quaternary nitrogens is 1. The van der Waals surface area contributed by atoms with Crippen LogP contribution in [0, 0.1) is 16.0 Å². The lowest BCUT2D eigenvalue weighted by molar-refractivity contribution is -0.593. The minimum atomic E-state index is -3.92. The number of ether oxygens (including phenoxy) is 1. The monoisotopic (exact) mass is 465 g/mol. The Morgan fingerprint density at radius 2 is 1.91 bits per heavy atom. The van der Waals surface area contributed by atoms with E-state index in [9.17, 15) is 23.3 Å². The van der Waals surface area contributed by atoms with Gasteiger partial charge in [-0.1, -0.05) is 26.0 Å². The van der Waals surface area contributed by atoms with E-state index in [4.69, 9.17) is 4.74 Å². The maximum absolute atomic E-state index is 13.1. The van der Waals surface area contributed by atoms with E-state index in [1.54, 1.807) is 30.4 Å². The zero-order valence-corrected chi connectivity index (χ0v) is 19.4. The summed E-state index contributed by atoms with van der Waals surface area (Å²) in [5.74, 6) is -0.477. The number of rotatable bonds is 11. The molecule has 0 amide bonds. The minimum absolute atomic E-state index is 0.0525. The number of likely N-dealkylation sites (N-methyl/N-ethyl adjacent to an activating group) is 1. The lowest BCUT2D eigenvalue weighted by atomic mass is 10.0. The number of hydrogen-bond donors (Lipinski definition) is 1. The molecule has 1 aromatic heterocycles. The van der Waals surface area contributed by atoms with Gasteiger partial charge in [0, 0.05) is 24.9 Å². The molecule has 0 fully saturated rings. The molecule has 1 unspecified atom stereocenters. The van der Waals surface area contributed by atoms with Crippen LogP contribution in [0.25, 0.3) is 0 Å². The molecular formula is C21H29N4O6S+. The Hall–Kier alpha value is -2.89. The molecule has 0 bridgehead atoms. The SMILES string of the molecule is CCOC(=O)C(CC(C)C)N(C)S(=O)(=O)c1ccc(C[NH2+]c2ccncc2[N+](=O)[O-])cc1. The van der Waals surface area contributed by atoms with E-state index in [1.807, 2.05) is 13.8 Å². The average Bonchev–Trinajstić information content (AvgIpc) is 2.76. The van der Waals surface area contributed by atoms with Crippen LogP contribution in [0.5, 0.6) is 0 Å². The summed E-state index contributed by atoms with van der Waals surface area (Å²) in [6.45, 7) is 6.04. The molecule has 0 aliphatic heterocycles. The Bertz CT molecular complexity index is 1040. The molecule has 1 heterocycles. The highest BCUT2D eigenvalue weighted by molar-refractivity contribution is 7.89. The van der Waals surface area contributed by atoms with Gasteiger partial charge in [0.1, 0.15) is 18.8 Å². The number of carbonyl (C=O) groups excluding carboxylic acids is 1. The van der Waals surface area contributed by atoms with Crippen molar-refractivity contribution in [2.24, 2.45) is 5.92 Å². The van der Waals surface area contributed by atoms with Crippen molar-refractivity contribution in [2.75, 3.05) is 13.7 Å². The summed E-state index contributed by atoms with van der Waals surface area (Å²) in [7, 11) is -2.55. The Kier molecular flexibility index (Phi) is 8.81. The molecule has 0 aliphatic rings. The van der Waals surface area contributed by atoms with Crippen molar-refractivity contribution in [2.45, 2.75) is 44.7 Å². The fraction of sp³-hybridized carbons (Fsp3) is 0.429. The minimum Gasteiger partial charge on any atom is -0.465 e. The summed E-state index contributed by atoms with van der Waals surface area (Å²) in [5.41, 5.74) is 1.12. The standard InChI is InChI=1S/C21H28N4O6S/c1-5-31-21(26)19(12-15(2)3)24(4)32(29,30)17-8-6-16(7-9-17)13-23-18-10-11-22-14-20(18)25(27)28/h6-11,14-15,19H,5,12-13H2,1-4H3,(H,22,23)/p+1. The van der Waals surface area contributed by atoms with Crippen LogP contribution in [0.15, 0.2) is 47.6 Å². The van der Waals surface area contributed by atoms with Crippen LogP contribution in [0.2, 0.25) is 0 Å². The third-order valence-corrected chi connectivity index (χ3v) is 6.76. The summed E-state index contributed by atoms with van der Waals surface area (Å²) in [5, 5.41) is 12.8. The fourth-order valence-corrected chi connectivity index (χ4v) is 4.48. The van der Waals surface area contributed by atoms with Gasteiger partial charge in [-0.2, -0.15) is 4.31 Å². The first-order chi connectivity index (χ1) is 15.1. The number of pyridine rings is 1. The molecule has 0 aliphatic carbocycles. The highest BCUT2D eigenvalue weighted by Gasteiger charge is 2.34. The van der Waals surface area contributed by atoms with E-state index in [0.29, 0.717) is 18.7 Å². The number of nitro groups is 1. The molecule has 2 aromatic rings. The van der Waals surface area contributed by atoms with Crippen LogP contribution in [0.3, 0.4) is 0 Å². The topological polar surface area (TPSA) is 136 Å². The van der Waals surface area contributed by atoms with Crippen LogP contribution in [0.4, 0.5) is 11.4 Å². The molecule has 0 radical (unpaired) electrons. The summed E-state index contributed by atoms with van der Waals surface area (Å²) in [6.07, 6.45) is 3.00. The molecule has 2 N–H and O–H groups in total. The second kappa shape index (κ2) is 11.1. The van der Waals surface area contributed by atoms with Crippen molar-refractivity contribution in [1.82, 2.24) is 9.29 Å². The van der Waals surface area contributed by atoms with Crippen molar-refractivity contribution in [3.8, 4) is 0 Å². The first-order valence-electron chi connectivity index (χ1n) is 10.2. The Balaban J connectivity index is 2.18. The van der Waals surface area contributed by atoms with Gasteiger partial charge in [0.2, 0.25) is 15.7 Å². The number of nitrogens with zero attached hydrogens (tertiary/aromatic N) is 3. The highest BCUT2D eigenvalue weighted by atomic mass is 32.2. The number of esters is 1. The molecule has 0 saturated carbocycles. The predicted octanol–water partition coefficient (Wildman–Crippen LogP) is 1.98. The zero-order valence-electron chi connectivity index (χ0n) is 18.6. The van der Waals surface area contributed by atoms with Crippen LogP contribution in [0.1, 0.15) is 32.8 Å². The van der Waals surface area contributed by atoms with Gasteiger partial charge in [-0.3, -0.25) is 19.9 Å². The Morgan fingerprint density at radius 1 is 1.25 bits per heavy atom. The van der Waals surface area contributed by atoms with Crippen molar-refractivity contribution in [3.05, 3.63) is 58.4 Å². The van der Waals surface area contributed by atoms with Crippen molar-refractivity contribution in [3.63, 3.8) is 0 Å². The number of aromatic nitrogens is 1. The van der Waals surface area contributed by atoms with Crippen LogP contribution in [-0.4, -0.2) is 48.3 Å². The third kappa shape index (κ3) is 6.31. The third-order valence-electron chi connectivity index (χ3n) is 4.88. The molecule has 0 spiro atoms. The van der Waals surface area contributed by atoms with Gasteiger partial charge in [-0.25, -0.2) is 8.42 Å². The highest BCUT2D eigenvalue weighted by Crippen LogP contribution is 2.22. The quantitative estimate of drug-likeness (QED) is 0.304. The van der Waals surface area contributed by atoms with Gasteiger partial charge in [-0.05, 0) is 31.4 Å². The van der Waals surface area contributed by atoms with Crippen LogP contribution in [-0.2, 0) is 26.1 Å². The predicted molar refractivity (Wildman–Crippen MR) is 117 cm³/mol. The number of benzene rings is 1. The maximum atomic E-state index is 13.1. The van der Waals surface area contributed by atoms with Crippen molar-refractivity contribution < 1.29 is 28.2 Å². The van der Waals surface area contributed by atoms with Gasteiger partial charge in [0.05, 0.1) is 16.4 Å². The second-order valence-corrected chi connectivity index (χ2v) is 9.66. The molecule has 2 rings (SSSR count). The first-order valence-corrected chi connectivity index (χ1v) is 11.7. The van der Waals surface area contributed by atoms with Crippen molar-refractivity contribution >= 4 is 27.4 Å². The van der Waals surface area contributed by atoms with Crippen molar-refractivity contribution in [1.29, 1.82) is 0 Å². The van der Waals surface area contributed by atoms with Gasteiger partial charge in [0.25, 0.3) is 0 Å². The molecule has 1 aromatic carbocycles. The number of carbonyl (C=O) groups is 1. The summed E-state index contributed by atoms with van der Waals surface area (Å²) < 4.78 is 32.3.